The maximum Gasteiger partial charge on any atom is 0.314 e. The standard InChI is InChI=1S/C19H23FN2O3/c1-14(25-18-8-6-17(20)7-9-18)12-22-19(24)21-11-10-15-2-4-16(13-23)5-3-15/h2-9,14,23H,10-13H2,1H3,(H2,21,22,24). The van der Waals surface area contributed by atoms with Gasteiger partial charge in [-0.15, -0.1) is 0 Å². The van der Waals surface area contributed by atoms with Crippen LogP contribution in [0.4, 0.5) is 9.18 Å². The Kier molecular flexibility index (Phi) is 7.22. The van der Waals surface area contributed by atoms with Crippen molar-refractivity contribution < 1.29 is 19.0 Å². The lowest BCUT2D eigenvalue weighted by Gasteiger charge is -2.15. The topological polar surface area (TPSA) is 70.6 Å². The van der Waals surface area contributed by atoms with Crippen LogP contribution in [0.1, 0.15) is 18.1 Å². The molecule has 0 saturated heterocycles. The molecular formula is C19H23FN2O3. The summed E-state index contributed by atoms with van der Waals surface area (Å²) in [5.74, 6) is 0.242. The van der Waals surface area contributed by atoms with E-state index in [2.05, 4.69) is 10.6 Å². The van der Waals surface area contributed by atoms with Gasteiger partial charge in [-0.3, -0.25) is 0 Å². The Hall–Kier alpha value is -2.60. The van der Waals surface area contributed by atoms with Crippen LogP contribution in [0.2, 0.25) is 0 Å². The number of carbonyl (C=O) groups excluding carboxylic acids is 1. The quantitative estimate of drug-likeness (QED) is 0.688. The summed E-state index contributed by atoms with van der Waals surface area (Å²) in [4.78, 5) is 11.8. The van der Waals surface area contributed by atoms with Crippen LogP contribution in [0.3, 0.4) is 0 Å². The number of urea groups is 1. The van der Waals surface area contributed by atoms with E-state index in [-0.39, 0.29) is 24.6 Å². The molecule has 6 heteroatoms. The van der Waals surface area contributed by atoms with Crippen LogP contribution < -0.4 is 15.4 Å². The van der Waals surface area contributed by atoms with E-state index in [0.29, 0.717) is 25.3 Å². The van der Waals surface area contributed by atoms with E-state index in [1.807, 2.05) is 31.2 Å². The number of nitrogens with one attached hydrogen (secondary N) is 2. The largest absolute Gasteiger partial charge is 0.489 e. The molecule has 2 amide bonds. The maximum absolute atomic E-state index is 12.8. The van der Waals surface area contributed by atoms with Crippen molar-refractivity contribution in [3.8, 4) is 5.75 Å². The van der Waals surface area contributed by atoms with Gasteiger partial charge in [0, 0.05) is 6.54 Å². The SMILES string of the molecule is CC(CNC(=O)NCCc1ccc(CO)cc1)Oc1ccc(F)cc1. The Labute approximate surface area is 146 Å². The average Bonchev–Trinajstić information content (AvgIpc) is 2.62. The van der Waals surface area contributed by atoms with E-state index in [4.69, 9.17) is 9.84 Å². The summed E-state index contributed by atoms with van der Waals surface area (Å²) < 4.78 is 18.4. The van der Waals surface area contributed by atoms with Gasteiger partial charge in [-0.05, 0) is 48.7 Å². The minimum atomic E-state index is -0.316. The van der Waals surface area contributed by atoms with Gasteiger partial charge in [0.15, 0.2) is 0 Å². The molecule has 5 nitrogen and oxygen atoms in total. The molecule has 25 heavy (non-hydrogen) atoms. The first-order chi connectivity index (χ1) is 12.1. The Morgan fingerprint density at radius 2 is 1.72 bits per heavy atom. The Balaban J connectivity index is 1.63. The molecule has 1 atom stereocenters. The Bertz CT molecular complexity index is 659. The van der Waals surface area contributed by atoms with E-state index in [9.17, 15) is 9.18 Å². The number of amides is 2. The van der Waals surface area contributed by atoms with Crippen LogP contribution in [-0.2, 0) is 13.0 Å². The van der Waals surface area contributed by atoms with Crippen molar-refractivity contribution in [2.24, 2.45) is 0 Å². The zero-order valence-electron chi connectivity index (χ0n) is 14.2. The second-order valence-electron chi connectivity index (χ2n) is 5.74. The van der Waals surface area contributed by atoms with E-state index in [1.165, 1.54) is 12.1 Å². The third-order valence-corrected chi connectivity index (χ3v) is 3.61. The summed E-state index contributed by atoms with van der Waals surface area (Å²) in [6, 6.07) is 13.1. The lowest BCUT2D eigenvalue weighted by atomic mass is 10.1. The van der Waals surface area contributed by atoms with Crippen molar-refractivity contribution >= 4 is 6.03 Å². The predicted octanol–water partition coefficient (Wildman–Crippen LogP) is 2.63. The van der Waals surface area contributed by atoms with Crippen molar-refractivity contribution in [1.82, 2.24) is 10.6 Å². The molecule has 0 aliphatic rings. The minimum absolute atomic E-state index is 0.0269. The number of carbonyl (C=O) groups is 1. The van der Waals surface area contributed by atoms with Crippen LogP contribution in [0.15, 0.2) is 48.5 Å². The third kappa shape index (κ3) is 6.81. The van der Waals surface area contributed by atoms with E-state index < -0.39 is 0 Å². The van der Waals surface area contributed by atoms with Crippen molar-refractivity contribution in [3.05, 3.63) is 65.5 Å². The smallest absolute Gasteiger partial charge is 0.314 e. The number of hydrogen-bond donors (Lipinski definition) is 3. The summed E-state index contributed by atoms with van der Waals surface area (Å²) in [6.45, 7) is 2.71. The monoisotopic (exact) mass is 346 g/mol. The molecule has 0 aliphatic carbocycles. The number of aliphatic hydroxyl groups excluding tert-OH is 1. The highest BCUT2D eigenvalue weighted by molar-refractivity contribution is 5.73. The zero-order chi connectivity index (χ0) is 18.1. The number of benzene rings is 2. The van der Waals surface area contributed by atoms with Crippen LogP contribution >= 0.6 is 0 Å². The number of halogens is 1. The van der Waals surface area contributed by atoms with E-state index in [0.717, 1.165) is 11.1 Å². The molecule has 0 aliphatic heterocycles. The summed E-state index contributed by atoms with van der Waals surface area (Å²) in [5, 5.41) is 14.5. The van der Waals surface area contributed by atoms with Gasteiger partial charge in [-0.2, -0.15) is 0 Å². The van der Waals surface area contributed by atoms with Gasteiger partial charge in [0.1, 0.15) is 17.7 Å². The number of rotatable bonds is 8. The van der Waals surface area contributed by atoms with Crippen LogP contribution in [0.5, 0.6) is 5.75 Å². The molecule has 0 fully saturated rings. The lowest BCUT2D eigenvalue weighted by Crippen LogP contribution is -2.41. The fourth-order valence-corrected chi connectivity index (χ4v) is 2.22. The maximum atomic E-state index is 12.8. The molecule has 0 radical (unpaired) electrons. The normalized spacial score (nSPS) is 11.6. The van der Waals surface area contributed by atoms with Gasteiger partial charge < -0.3 is 20.5 Å². The Morgan fingerprint density at radius 1 is 1.08 bits per heavy atom. The highest BCUT2D eigenvalue weighted by Gasteiger charge is 2.07. The van der Waals surface area contributed by atoms with E-state index >= 15 is 0 Å². The van der Waals surface area contributed by atoms with Gasteiger partial charge >= 0.3 is 6.03 Å². The number of hydrogen-bond acceptors (Lipinski definition) is 3. The van der Waals surface area contributed by atoms with Crippen LogP contribution in [0.25, 0.3) is 0 Å². The molecule has 2 aromatic carbocycles. The highest BCUT2D eigenvalue weighted by atomic mass is 19.1. The molecule has 3 N–H and O–H groups in total. The molecule has 134 valence electrons. The van der Waals surface area contributed by atoms with Crippen molar-refractivity contribution in [2.75, 3.05) is 13.1 Å². The first-order valence-corrected chi connectivity index (χ1v) is 8.19. The zero-order valence-corrected chi connectivity index (χ0v) is 14.2. The third-order valence-electron chi connectivity index (χ3n) is 3.61. The van der Waals surface area contributed by atoms with Gasteiger partial charge in [-0.1, -0.05) is 24.3 Å². The summed E-state index contributed by atoms with van der Waals surface area (Å²) >= 11 is 0. The molecule has 0 bridgehead atoms. The van der Waals surface area contributed by atoms with Gasteiger partial charge in [0.05, 0.1) is 13.2 Å². The average molecular weight is 346 g/mol. The first kappa shape index (κ1) is 18.7. The summed E-state index contributed by atoms with van der Waals surface area (Å²) in [6.07, 6.45) is 0.475. The summed E-state index contributed by atoms with van der Waals surface area (Å²) in [5.41, 5.74) is 1.95. The van der Waals surface area contributed by atoms with Crippen molar-refractivity contribution in [1.29, 1.82) is 0 Å². The van der Waals surface area contributed by atoms with Gasteiger partial charge in [0.25, 0.3) is 0 Å². The fourth-order valence-electron chi connectivity index (χ4n) is 2.22. The molecule has 2 rings (SSSR count). The van der Waals surface area contributed by atoms with Crippen LogP contribution in [-0.4, -0.2) is 30.3 Å². The van der Waals surface area contributed by atoms with Crippen molar-refractivity contribution in [2.45, 2.75) is 26.1 Å². The fraction of sp³-hybridized carbons (Fsp3) is 0.316. The second kappa shape index (κ2) is 9.64. The van der Waals surface area contributed by atoms with Crippen molar-refractivity contribution in [3.63, 3.8) is 0 Å². The van der Waals surface area contributed by atoms with Gasteiger partial charge in [-0.25, -0.2) is 9.18 Å². The lowest BCUT2D eigenvalue weighted by molar-refractivity contribution is 0.207. The molecule has 2 aromatic rings. The number of aliphatic hydroxyl groups is 1. The predicted molar refractivity (Wildman–Crippen MR) is 94.0 cm³/mol. The molecule has 0 spiro atoms. The number of ether oxygens (including phenoxy) is 1. The summed E-state index contributed by atoms with van der Waals surface area (Å²) in [7, 11) is 0. The van der Waals surface area contributed by atoms with E-state index in [1.54, 1.807) is 12.1 Å². The molecule has 0 heterocycles. The van der Waals surface area contributed by atoms with Gasteiger partial charge in [0.2, 0.25) is 0 Å². The first-order valence-electron chi connectivity index (χ1n) is 8.19. The molecule has 0 saturated carbocycles. The second-order valence-corrected chi connectivity index (χ2v) is 5.74. The molecule has 1 unspecified atom stereocenters. The van der Waals surface area contributed by atoms with Crippen LogP contribution in [0, 0.1) is 5.82 Å². The molecular weight excluding hydrogens is 323 g/mol. The Morgan fingerprint density at radius 3 is 2.36 bits per heavy atom. The minimum Gasteiger partial charge on any atom is -0.489 e. The highest BCUT2D eigenvalue weighted by Crippen LogP contribution is 2.12. The molecule has 0 aromatic heterocycles.